The van der Waals surface area contributed by atoms with Crippen molar-refractivity contribution in [3.8, 4) is 11.3 Å². The molecule has 162 valence electrons. The van der Waals surface area contributed by atoms with E-state index in [2.05, 4.69) is 35.4 Å². The van der Waals surface area contributed by atoms with Crippen molar-refractivity contribution >= 4 is 17.4 Å². The van der Waals surface area contributed by atoms with Gasteiger partial charge in [0.2, 0.25) is 5.91 Å². The summed E-state index contributed by atoms with van der Waals surface area (Å²) in [6.07, 6.45) is 7.26. The number of benzene rings is 1. The smallest absolute Gasteiger partial charge is 0.224 e. The van der Waals surface area contributed by atoms with Crippen molar-refractivity contribution in [3.05, 3.63) is 48.4 Å². The van der Waals surface area contributed by atoms with E-state index in [1.807, 2.05) is 21.6 Å². The van der Waals surface area contributed by atoms with E-state index in [1.54, 1.807) is 12.4 Å². The van der Waals surface area contributed by atoms with Gasteiger partial charge in [0, 0.05) is 56.9 Å². The molecule has 2 fully saturated rings. The molecule has 0 atom stereocenters. The van der Waals surface area contributed by atoms with Gasteiger partial charge in [-0.3, -0.25) is 14.2 Å². The highest BCUT2D eigenvalue weighted by Gasteiger charge is 2.40. The number of carbonyl (C=O) groups is 1. The largest absolute Gasteiger partial charge is 0.369 e. The average molecular weight is 422 g/mol. The van der Waals surface area contributed by atoms with Gasteiger partial charge in [-0.1, -0.05) is 23.8 Å². The number of aromatic nitrogens is 3. The van der Waals surface area contributed by atoms with Gasteiger partial charge in [-0.25, -0.2) is 4.98 Å². The zero-order chi connectivity index (χ0) is 21.3. The number of hydrogen-bond donors (Lipinski definition) is 1. The van der Waals surface area contributed by atoms with Crippen LogP contribution < -0.4 is 5.32 Å². The number of anilines is 1. The maximum Gasteiger partial charge on any atom is 0.224 e. The molecule has 0 radical (unpaired) electrons. The fourth-order valence-corrected chi connectivity index (χ4v) is 4.40. The van der Waals surface area contributed by atoms with Gasteiger partial charge in [0.05, 0.1) is 19.4 Å². The standard InChI is InChI=1S/C23H27N5O3/c1-17-3-2-4-18(15-17)21-22(28-12-9-24-16-19(28)26-21)25-8-5-20(29)27-10-6-23(7-11-27)30-13-14-31-23/h2-4,9,12,15-16,25H,5-8,10-11,13-14H2,1H3. The van der Waals surface area contributed by atoms with Gasteiger partial charge in [-0.05, 0) is 13.0 Å². The lowest BCUT2D eigenvalue weighted by Gasteiger charge is -2.37. The maximum absolute atomic E-state index is 12.8. The SMILES string of the molecule is Cc1cccc(-c2nc3cnccn3c2NCCC(=O)N2CCC3(CC2)OCCO3)c1. The van der Waals surface area contributed by atoms with Crippen molar-refractivity contribution in [2.24, 2.45) is 0 Å². The average Bonchev–Trinajstić information content (AvgIpc) is 3.39. The molecule has 1 aromatic carbocycles. The van der Waals surface area contributed by atoms with E-state index in [0.29, 0.717) is 39.3 Å². The summed E-state index contributed by atoms with van der Waals surface area (Å²) < 4.78 is 13.5. The second kappa shape index (κ2) is 8.28. The van der Waals surface area contributed by atoms with Gasteiger partial charge in [0.15, 0.2) is 11.4 Å². The third-order valence-corrected chi connectivity index (χ3v) is 6.04. The van der Waals surface area contributed by atoms with Gasteiger partial charge in [-0.15, -0.1) is 0 Å². The highest BCUT2D eigenvalue weighted by Crippen LogP contribution is 2.32. The molecule has 2 saturated heterocycles. The Bertz CT molecular complexity index is 1080. The van der Waals surface area contributed by atoms with Crippen LogP contribution in [0.3, 0.4) is 0 Å². The fraction of sp³-hybridized carbons (Fsp3) is 0.435. The Kier molecular flexibility index (Phi) is 5.33. The minimum absolute atomic E-state index is 0.146. The van der Waals surface area contributed by atoms with Crippen LogP contribution >= 0.6 is 0 Å². The van der Waals surface area contributed by atoms with Crippen LogP contribution in [0, 0.1) is 6.92 Å². The maximum atomic E-state index is 12.8. The highest BCUT2D eigenvalue weighted by atomic mass is 16.7. The van der Waals surface area contributed by atoms with Crippen LogP contribution in [0.1, 0.15) is 24.8 Å². The zero-order valence-electron chi connectivity index (χ0n) is 17.7. The van der Waals surface area contributed by atoms with E-state index in [0.717, 1.165) is 35.6 Å². The molecule has 0 unspecified atom stereocenters. The number of amides is 1. The molecule has 8 nitrogen and oxygen atoms in total. The first-order chi connectivity index (χ1) is 15.1. The number of likely N-dealkylation sites (tertiary alicyclic amines) is 1. The molecule has 8 heteroatoms. The Labute approximate surface area is 181 Å². The van der Waals surface area contributed by atoms with E-state index in [4.69, 9.17) is 14.5 Å². The summed E-state index contributed by atoms with van der Waals surface area (Å²) in [4.78, 5) is 23.6. The number of fused-ring (bicyclic) bond motifs is 1. The Hall–Kier alpha value is -2.97. The van der Waals surface area contributed by atoms with Crippen LogP contribution in [0.15, 0.2) is 42.9 Å². The number of rotatable bonds is 5. The summed E-state index contributed by atoms with van der Waals surface area (Å²) in [7, 11) is 0. The van der Waals surface area contributed by atoms with Crippen molar-refractivity contribution in [1.82, 2.24) is 19.3 Å². The minimum atomic E-state index is -0.456. The van der Waals surface area contributed by atoms with Crippen molar-refractivity contribution in [2.45, 2.75) is 32.0 Å². The van der Waals surface area contributed by atoms with Crippen molar-refractivity contribution in [3.63, 3.8) is 0 Å². The predicted octanol–water partition coefficient (Wildman–Crippen LogP) is 2.87. The molecular formula is C23H27N5O3. The van der Waals surface area contributed by atoms with Gasteiger partial charge in [0.25, 0.3) is 0 Å². The van der Waals surface area contributed by atoms with Crippen LogP contribution in [0.25, 0.3) is 16.9 Å². The van der Waals surface area contributed by atoms with Crippen molar-refractivity contribution in [1.29, 1.82) is 0 Å². The van der Waals surface area contributed by atoms with Crippen molar-refractivity contribution < 1.29 is 14.3 Å². The normalized spacial score (nSPS) is 18.0. The summed E-state index contributed by atoms with van der Waals surface area (Å²) in [5.41, 5.74) is 3.84. The third-order valence-electron chi connectivity index (χ3n) is 6.04. The van der Waals surface area contributed by atoms with Crippen LogP contribution in [-0.2, 0) is 14.3 Å². The van der Waals surface area contributed by atoms with Gasteiger partial charge in [-0.2, -0.15) is 0 Å². The molecule has 1 N–H and O–H groups in total. The second-order valence-electron chi connectivity index (χ2n) is 8.15. The molecule has 3 aromatic rings. The number of nitrogens with one attached hydrogen (secondary N) is 1. The minimum Gasteiger partial charge on any atom is -0.369 e. The Morgan fingerprint density at radius 3 is 2.81 bits per heavy atom. The fourth-order valence-electron chi connectivity index (χ4n) is 4.40. The molecule has 1 amide bonds. The van der Waals surface area contributed by atoms with Gasteiger partial charge >= 0.3 is 0 Å². The van der Waals surface area contributed by atoms with E-state index in [-0.39, 0.29) is 5.91 Å². The number of ether oxygens (including phenoxy) is 2. The van der Waals surface area contributed by atoms with Crippen molar-refractivity contribution in [2.75, 3.05) is 38.2 Å². The van der Waals surface area contributed by atoms with Crippen LogP contribution in [0.4, 0.5) is 5.82 Å². The van der Waals surface area contributed by atoms with Crippen LogP contribution in [-0.4, -0.2) is 63.8 Å². The summed E-state index contributed by atoms with van der Waals surface area (Å²) >= 11 is 0. The second-order valence-corrected chi connectivity index (χ2v) is 8.15. The topological polar surface area (TPSA) is 81.0 Å². The highest BCUT2D eigenvalue weighted by molar-refractivity contribution is 5.79. The van der Waals surface area contributed by atoms with Gasteiger partial charge in [0.1, 0.15) is 11.5 Å². The zero-order valence-corrected chi connectivity index (χ0v) is 17.7. The lowest BCUT2D eigenvalue weighted by atomic mass is 10.0. The molecule has 2 aliphatic heterocycles. The molecule has 0 aliphatic carbocycles. The molecule has 1 spiro atoms. The molecule has 2 aliphatic rings. The summed E-state index contributed by atoms with van der Waals surface area (Å²) in [5, 5.41) is 3.45. The Balaban J connectivity index is 1.26. The number of nitrogens with zero attached hydrogens (tertiary/aromatic N) is 4. The number of piperidine rings is 1. The summed E-state index contributed by atoms with van der Waals surface area (Å²) in [6.45, 7) is 5.24. The third kappa shape index (κ3) is 4.00. The van der Waals surface area contributed by atoms with Crippen LogP contribution in [0.5, 0.6) is 0 Å². The molecule has 0 bridgehead atoms. The predicted molar refractivity (Wildman–Crippen MR) is 117 cm³/mol. The first kappa shape index (κ1) is 20.0. The molecular weight excluding hydrogens is 394 g/mol. The van der Waals surface area contributed by atoms with Crippen LogP contribution in [0.2, 0.25) is 0 Å². The first-order valence-corrected chi connectivity index (χ1v) is 10.8. The molecule has 4 heterocycles. The van der Waals surface area contributed by atoms with Gasteiger partial charge < -0.3 is 19.7 Å². The molecule has 5 rings (SSSR count). The molecule has 31 heavy (non-hydrogen) atoms. The molecule has 0 saturated carbocycles. The number of hydrogen-bond acceptors (Lipinski definition) is 6. The molecule has 2 aromatic heterocycles. The van der Waals surface area contributed by atoms with E-state index in [9.17, 15) is 4.79 Å². The summed E-state index contributed by atoms with van der Waals surface area (Å²) in [5.74, 6) is 0.566. The Morgan fingerprint density at radius 1 is 1.23 bits per heavy atom. The van der Waals surface area contributed by atoms with E-state index in [1.165, 1.54) is 5.56 Å². The van der Waals surface area contributed by atoms with E-state index >= 15 is 0 Å². The monoisotopic (exact) mass is 421 g/mol. The van der Waals surface area contributed by atoms with E-state index < -0.39 is 5.79 Å². The first-order valence-electron chi connectivity index (χ1n) is 10.8. The number of aryl methyl sites for hydroxylation is 1. The quantitative estimate of drug-likeness (QED) is 0.682. The number of carbonyl (C=O) groups excluding carboxylic acids is 1. The Morgan fingerprint density at radius 2 is 2.03 bits per heavy atom. The number of imidazole rings is 1. The lowest BCUT2D eigenvalue weighted by Crippen LogP contribution is -2.47. The lowest BCUT2D eigenvalue weighted by molar-refractivity contribution is -0.187. The summed E-state index contributed by atoms with van der Waals surface area (Å²) in [6, 6.07) is 8.26.